The number of aromatic nitrogens is 3. The van der Waals surface area contributed by atoms with Crippen LogP contribution in [0.4, 0.5) is 10.2 Å². The molecule has 0 aromatic carbocycles. The van der Waals surface area contributed by atoms with Crippen LogP contribution in [-0.4, -0.2) is 46.0 Å². The quantitative estimate of drug-likeness (QED) is 0.819. The lowest BCUT2D eigenvalue weighted by Crippen LogP contribution is -2.39. The fourth-order valence-electron chi connectivity index (χ4n) is 4.17. The van der Waals surface area contributed by atoms with E-state index in [1.54, 1.807) is 11.3 Å². The SMILES string of the molecule is CCc1ncnc(N2CCC3(CC2)C[C@H]3N(C)Cc2nccs2)c1F. The van der Waals surface area contributed by atoms with Gasteiger partial charge in [0.2, 0.25) is 0 Å². The molecule has 0 radical (unpaired) electrons. The Balaban J connectivity index is 1.38. The lowest BCUT2D eigenvalue weighted by atomic mass is 9.92. The van der Waals surface area contributed by atoms with Gasteiger partial charge < -0.3 is 4.90 Å². The molecule has 5 nitrogen and oxygen atoms in total. The van der Waals surface area contributed by atoms with E-state index < -0.39 is 0 Å². The average Bonchev–Trinajstić information content (AvgIpc) is 3.07. The molecule has 2 aromatic rings. The minimum absolute atomic E-state index is 0.241. The Hall–Kier alpha value is -1.60. The topological polar surface area (TPSA) is 45.2 Å². The second kappa shape index (κ2) is 6.61. The molecule has 0 unspecified atom stereocenters. The Kier molecular flexibility index (Phi) is 4.45. The molecule has 2 aromatic heterocycles. The number of rotatable bonds is 5. The highest BCUT2D eigenvalue weighted by atomic mass is 32.1. The molecule has 1 aliphatic carbocycles. The summed E-state index contributed by atoms with van der Waals surface area (Å²) in [5.74, 6) is 0.240. The third kappa shape index (κ3) is 3.15. The molecule has 2 aliphatic rings. The van der Waals surface area contributed by atoms with Crippen molar-refractivity contribution in [3.05, 3.63) is 34.4 Å². The summed E-state index contributed by atoms with van der Waals surface area (Å²) in [6, 6.07) is 0.625. The summed E-state index contributed by atoms with van der Waals surface area (Å²) in [5, 5.41) is 3.21. The van der Waals surface area contributed by atoms with Gasteiger partial charge in [-0.15, -0.1) is 11.3 Å². The molecule has 1 aliphatic heterocycles. The third-order valence-electron chi connectivity index (χ3n) is 5.78. The van der Waals surface area contributed by atoms with Gasteiger partial charge in [0.15, 0.2) is 11.6 Å². The van der Waals surface area contributed by atoms with Gasteiger partial charge in [0.1, 0.15) is 11.3 Å². The highest BCUT2D eigenvalue weighted by Gasteiger charge is 2.56. The summed E-state index contributed by atoms with van der Waals surface area (Å²) in [6.07, 6.45) is 7.41. The number of aryl methyl sites for hydroxylation is 1. The Morgan fingerprint density at radius 3 is 2.80 bits per heavy atom. The second-order valence-corrected chi connectivity index (χ2v) is 8.20. The van der Waals surface area contributed by atoms with Gasteiger partial charge in [-0.25, -0.2) is 19.3 Å². The van der Waals surface area contributed by atoms with Gasteiger partial charge in [0.25, 0.3) is 0 Å². The molecule has 134 valence electrons. The van der Waals surface area contributed by atoms with E-state index in [0.29, 0.717) is 29.4 Å². The zero-order valence-electron chi connectivity index (χ0n) is 14.8. The molecule has 1 atom stereocenters. The molecular weight excluding hydrogens is 337 g/mol. The molecule has 0 amide bonds. The largest absolute Gasteiger partial charge is 0.354 e. The van der Waals surface area contributed by atoms with Gasteiger partial charge in [0.05, 0.1) is 12.2 Å². The lowest BCUT2D eigenvalue weighted by Gasteiger charge is -2.35. The van der Waals surface area contributed by atoms with Crippen molar-refractivity contribution in [3.63, 3.8) is 0 Å². The third-order valence-corrected chi connectivity index (χ3v) is 6.55. The summed E-state index contributed by atoms with van der Waals surface area (Å²) in [7, 11) is 2.20. The van der Waals surface area contributed by atoms with Crippen molar-refractivity contribution in [2.24, 2.45) is 5.41 Å². The second-order valence-electron chi connectivity index (χ2n) is 7.22. The van der Waals surface area contributed by atoms with Crippen molar-refractivity contribution in [2.45, 2.75) is 45.2 Å². The summed E-state index contributed by atoms with van der Waals surface area (Å²) in [4.78, 5) is 17.2. The number of thiazole rings is 1. The van der Waals surface area contributed by atoms with Crippen LogP contribution in [0, 0.1) is 11.2 Å². The maximum absolute atomic E-state index is 14.5. The van der Waals surface area contributed by atoms with Crippen LogP contribution >= 0.6 is 11.3 Å². The number of hydrogen-bond acceptors (Lipinski definition) is 6. The summed E-state index contributed by atoms with van der Waals surface area (Å²) < 4.78 is 14.5. The average molecular weight is 361 g/mol. The highest BCUT2D eigenvalue weighted by Crippen LogP contribution is 2.56. The Morgan fingerprint density at radius 2 is 2.12 bits per heavy atom. The van der Waals surface area contributed by atoms with Crippen LogP contribution in [0.25, 0.3) is 0 Å². The molecule has 0 bridgehead atoms. The van der Waals surface area contributed by atoms with Crippen molar-refractivity contribution >= 4 is 17.2 Å². The van der Waals surface area contributed by atoms with Crippen LogP contribution in [0.1, 0.15) is 36.9 Å². The summed E-state index contributed by atoms with van der Waals surface area (Å²) >= 11 is 1.72. The van der Waals surface area contributed by atoms with Crippen LogP contribution in [0.2, 0.25) is 0 Å². The van der Waals surface area contributed by atoms with Crippen LogP contribution in [0.3, 0.4) is 0 Å². The normalized spacial score (nSPS) is 21.9. The smallest absolute Gasteiger partial charge is 0.187 e. The first-order valence-corrected chi connectivity index (χ1v) is 9.84. The Labute approximate surface area is 151 Å². The van der Waals surface area contributed by atoms with Gasteiger partial charge in [-0.3, -0.25) is 4.90 Å². The maximum Gasteiger partial charge on any atom is 0.187 e. The molecule has 25 heavy (non-hydrogen) atoms. The molecule has 4 rings (SSSR count). The van der Waals surface area contributed by atoms with Gasteiger partial charge in [-0.1, -0.05) is 6.92 Å². The summed E-state index contributed by atoms with van der Waals surface area (Å²) in [6.45, 7) is 4.60. The molecule has 1 saturated heterocycles. The van der Waals surface area contributed by atoms with Gasteiger partial charge >= 0.3 is 0 Å². The van der Waals surface area contributed by atoms with E-state index in [0.717, 1.165) is 32.5 Å². The minimum Gasteiger partial charge on any atom is -0.354 e. The lowest BCUT2D eigenvalue weighted by molar-refractivity contribution is 0.238. The molecule has 1 spiro atoms. The zero-order valence-corrected chi connectivity index (χ0v) is 15.6. The molecular formula is C18H24FN5S. The van der Waals surface area contributed by atoms with Crippen LogP contribution < -0.4 is 4.90 Å². The first kappa shape index (κ1) is 16.8. The standard InChI is InChI=1S/C18H24FN5S/c1-3-13-16(19)17(22-12-21-13)24-7-4-18(5-8-24)10-14(18)23(2)11-15-20-6-9-25-15/h6,9,12,14H,3-5,7-8,10-11H2,1-2H3/t14-/m1/s1. The number of piperidine rings is 1. The minimum atomic E-state index is -0.241. The van der Waals surface area contributed by atoms with E-state index in [1.807, 2.05) is 18.5 Å². The van der Waals surface area contributed by atoms with Crippen molar-refractivity contribution < 1.29 is 4.39 Å². The molecule has 2 fully saturated rings. The molecule has 7 heteroatoms. The van der Waals surface area contributed by atoms with Crippen LogP contribution in [0.15, 0.2) is 17.9 Å². The van der Waals surface area contributed by atoms with Crippen molar-refractivity contribution in [3.8, 4) is 0 Å². The maximum atomic E-state index is 14.5. The number of nitrogens with zero attached hydrogens (tertiary/aromatic N) is 5. The van der Waals surface area contributed by atoms with E-state index in [-0.39, 0.29) is 5.82 Å². The molecule has 3 heterocycles. The molecule has 1 saturated carbocycles. The van der Waals surface area contributed by atoms with Crippen LogP contribution in [0.5, 0.6) is 0 Å². The highest BCUT2D eigenvalue weighted by molar-refractivity contribution is 7.09. The van der Waals surface area contributed by atoms with E-state index in [2.05, 4.69) is 31.8 Å². The number of anilines is 1. The van der Waals surface area contributed by atoms with Crippen molar-refractivity contribution in [1.82, 2.24) is 19.9 Å². The number of halogens is 1. The van der Waals surface area contributed by atoms with Crippen molar-refractivity contribution in [1.29, 1.82) is 0 Å². The first-order chi connectivity index (χ1) is 12.1. The van der Waals surface area contributed by atoms with Gasteiger partial charge in [-0.2, -0.15) is 0 Å². The van der Waals surface area contributed by atoms with Gasteiger partial charge in [-0.05, 0) is 38.1 Å². The van der Waals surface area contributed by atoms with Gasteiger partial charge in [0, 0.05) is 30.7 Å². The summed E-state index contributed by atoms with van der Waals surface area (Å²) in [5.41, 5.74) is 0.914. The van der Waals surface area contributed by atoms with E-state index >= 15 is 0 Å². The number of hydrogen-bond donors (Lipinski definition) is 0. The monoisotopic (exact) mass is 361 g/mol. The fourth-order valence-corrected chi connectivity index (χ4v) is 4.85. The predicted molar refractivity (Wildman–Crippen MR) is 97.2 cm³/mol. The Morgan fingerprint density at radius 1 is 1.32 bits per heavy atom. The fraction of sp³-hybridized carbons (Fsp3) is 0.611. The molecule has 0 N–H and O–H groups in total. The van der Waals surface area contributed by atoms with E-state index in [4.69, 9.17) is 0 Å². The predicted octanol–water partition coefficient (Wildman–Crippen LogP) is 3.13. The Bertz CT molecular complexity index is 727. The van der Waals surface area contributed by atoms with Crippen LogP contribution in [-0.2, 0) is 13.0 Å². The first-order valence-electron chi connectivity index (χ1n) is 8.96. The van der Waals surface area contributed by atoms with Crippen molar-refractivity contribution in [2.75, 3.05) is 25.0 Å². The van der Waals surface area contributed by atoms with E-state index in [1.165, 1.54) is 17.8 Å². The zero-order chi connectivity index (χ0) is 17.4. The van der Waals surface area contributed by atoms with E-state index in [9.17, 15) is 4.39 Å².